The molecule has 88 valence electrons. The summed E-state index contributed by atoms with van der Waals surface area (Å²) in [6.45, 7) is 1.81. The zero-order valence-corrected chi connectivity index (χ0v) is 9.84. The molecule has 1 rings (SSSR count). The molecule has 0 aromatic heterocycles. The van der Waals surface area contributed by atoms with Gasteiger partial charge in [0.15, 0.2) is 0 Å². The summed E-state index contributed by atoms with van der Waals surface area (Å²) in [5, 5.41) is 12.6. The average molecular weight is 222 g/mol. The van der Waals surface area contributed by atoms with Crippen LogP contribution < -0.4 is 5.32 Å². The van der Waals surface area contributed by atoms with E-state index in [0.717, 1.165) is 5.56 Å². The summed E-state index contributed by atoms with van der Waals surface area (Å²) < 4.78 is 0. The standard InChI is InChI=1S/C12H18N2O2/c1-9(14(3)12(16)13-2)11(15)10-7-5-4-6-8-10/h4-9,11,15H,1-3H3,(H,13,16). The highest BCUT2D eigenvalue weighted by Crippen LogP contribution is 2.19. The summed E-state index contributed by atoms with van der Waals surface area (Å²) in [5.74, 6) is 0. The first-order valence-corrected chi connectivity index (χ1v) is 5.25. The minimum Gasteiger partial charge on any atom is -0.386 e. The zero-order valence-electron chi connectivity index (χ0n) is 9.84. The maximum absolute atomic E-state index is 11.4. The number of likely N-dealkylation sites (N-methyl/N-ethyl adjacent to an activating group) is 1. The Morgan fingerprint density at radius 2 is 1.94 bits per heavy atom. The number of carbonyl (C=O) groups is 1. The molecule has 0 saturated heterocycles. The van der Waals surface area contributed by atoms with E-state index in [9.17, 15) is 9.90 Å². The first-order chi connectivity index (χ1) is 7.57. The molecule has 0 heterocycles. The molecule has 0 aliphatic heterocycles. The Kier molecular flexibility index (Phi) is 4.31. The molecule has 2 unspecified atom stereocenters. The minimum absolute atomic E-state index is 0.206. The Balaban J connectivity index is 2.74. The van der Waals surface area contributed by atoms with Crippen LogP contribution in [-0.2, 0) is 0 Å². The third kappa shape index (κ3) is 2.73. The van der Waals surface area contributed by atoms with Gasteiger partial charge in [-0.3, -0.25) is 0 Å². The third-order valence-corrected chi connectivity index (χ3v) is 2.74. The highest BCUT2D eigenvalue weighted by Gasteiger charge is 2.23. The van der Waals surface area contributed by atoms with E-state index >= 15 is 0 Å². The van der Waals surface area contributed by atoms with E-state index in [2.05, 4.69) is 5.32 Å². The summed E-state index contributed by atoms with van der Waals surface area (Å²) >= 11 is 0. The molecule has 0 fully saturated rings. The molecule has 4 heteroatoms. The molecule has 16 heavy (non-hydrogen) atoms. The number of carbonyl (C=O) groups excluding carboxylic acids is 1. The molecule has 1 aromatic carbocycles. The SMILES string of the molecule is CNC(=O)N(C)C(C)C(O)c1ccccc1. The Morgan fingerprint density at radius 3 is 2.44 bits per heavy atom. The summed E-state index contributed by atoms with van der Waals surface area (Å²) in [6.07, 6.45) is -0.677. The number of rotatable bonds is 3. The first-order valence-electron chi connectivity index (χ1n) is 5.25. The molecular formula is C12H18N2O2. The van der Waals surface area contributed by atoms with Crippen LogP contribution in [-0.4, -0.2) is 36.2 Å². The van der Waals surface area contributed by atoms with Crippen molar-refractivity contribution in [2.24, 2.45) is 0 Å². The number of hydrogen-bond donors (Lipinski definition) is 2. The lowest BCUT2D eigenvalue weighted by atomic mass is 10.0. The van der Waals surface area contributed by atoms with Crippen LogP contribution in [0.1, 0.15) is 18.6 Å². The maximum atomic E-state index is 11.4. The van der Waals surface area contributed by atoms with E-state index in [0.29, 0.717) is 0 Å². The van der Waals surface area contributed by atoms with E-state index in [1.165, 1.54) is 4.90 Å². The second-order valence-electron chi connectivity index (χ2n) is 3.76. The highest BCUT2D eigenvalue weighted by atomic mass is 16.3. The van der Waals surface area contributed by atoms with Crippen LogP contribution in [0.4, 0.5) is 4.79 Å². The fourth-order valence-electron chi connectivity index (χ4n) is 1.50. The smallest absolute Gasteiger partial charge is 0.317 e. The molecular weight excluding hydrogens is 204 g/mol. The number of hydrogen-bond acceptors (Lipinski definition) is 2. The van der Waals surface area contributed by atoms with Gasteiger partial charge in [0.25, 0.3) is 0 Å². The van der Waals surface area contributed by atoms with Crippen LogP contribution in [0.15, 0.2) is 30.3 Å². The highest BCUT2D eigenvalue weighted by molar-refractivity contribution is 5.73. The number of aliphatic hydroxyl groups is 1. The quantitative estimate of drug-likeness (QED) is 0.811. The second kappa shape index (κ2) is 5.51. The lowest BCUT2D eigenvalue weighted by molar-refractivity contribution is 0.0861. The van der Waals surface area contributed by atoms with Gasteiger partial charge in [-0.05, 0) is 12.5 Å². The van der Waals surface area contributed by atoms with Crippen molar-refractivity contribution in [2.45, 2.75) is 19.1 Å². The van der Waals surface area contributed by atoms with E-state index in [1.807, 2.05) is 37.3 Å². The predicted molar refractivity (Wildman–Crippen MR) is 63.1 cm³/mol. The molecule has 0 aliphatic rings. The van der Waals surface area contributed by atoms with Gasteiger partial charge in [-0.15, -0.1) is 0 Å². The van der Waals surface area contributed by atoms with Gasteiger partial charge in [-0.1, -0.05) is 30.3 Å². The lowest BCUT2D eigenvalue weighted by Gasteiger charge is -2.28. The molecule has 2 N–H and O–H groups in total. The minimum atomic E-state index is -0.677. The zero-order chi connectivity index (χ0) is 12.1. The van der Waals surface area contributed by atoms with Crippen LogP contribution in [0, 0.1) is 0 Å². The van der Waals surface area contributed by atoms with Gasteiger partial charge in [0, 0.05) is 14.1 Å². The molecule has 0 saturated carbocycles. The Bertz CT molecular complexity index is 340. The van der Waals surface area contributed by atoms with Crippen LogP contribution in [0.2, 0.25) is 0 Å². The molecule has 4 nitrogen and oxygen atoms in total. The van der Waals surface area contributed by atoms with Crippen molar-refractivity contribution in [3.05, 3.63) is 35.9 Å². The van der Waals surface area contributed by atoms with Gasteiger partial charge in [-0.25, -0.2) is 4.79 Å². The van der Waals surface area contributed by atoms with Gasteiger partial charge < -0.3 is 15.3 Å². The Hall–Kier alpha value is -1.55. The van der Waals surface area contributed by atoms with Gasteiger partial charge in [0.1, 0.15) is 0 Å². The molecule has 0 aliphatic carbocycles. The predicted octanol–water partition coefficient (Wildman–Crippen LogP) is 1.38. The molecule has 0 radical (unpaired) electrons. The largest absolute Gasteiger partial charge is 0.386 e. The normalized spacial score (nSPS) is 14.0. The van der Waals surface area contributed by atoms with Crippen LogP contribution in [0.5, 0.6) is 0 Å². The number of urea groups is 1. The van der Waals surface area contributed by atoms with Crippen molar-refractivity contribution in [2.75, 3.05) is 14.1 Å². The monoisotopic (exact) mass is 222 g/mol. The average Bonchev–Trinajstić information content (AvgIpc) is 2.36. The maximum Gasteiger partial charge on any atom is 0.317 e. The van der Waals surface area contributed by atoms with Crippen molar-refractivity contribution in [3.63, 3.8) is 0 Å². The molecule has 2 atom stereocenters. The number of nitrogens with zero attached hydrogens (tertiary/aromatic N) is 1. The van der Waals surface area contributed by atoms with E-state index in [4.69, 9.17) is 0 Å². The molecule has 1 aromatic rings. The first kappa shape index (κ1) is 12.5. The van der Waals surface area contributed by atoms with Crippen molar-refractivity contribution in [1.82, 2.24) is 10.2 Å². The summed E-state index contributed by atoms with van der Waals surface area (Å²) in [4.78, 5) is 12.9. The molecule has 2 amide bonds. The fraction of sp³-hybridized carbons (Fsp3) is 0.417. The molecule has 0 bridgehead atoms. The van der Waals surface area contributed by atoms with Gasteiger partial charge in [-0.2, -0.15) is 0 Å². The summed E-state index contributed by atoms with van der Waals surface area (Å²) in [5.41, 5.74) is 0.811. The van der Waals surface area contributed by atoms with Crippen molar-refractivity contribution in [3.8, 4) is 0 Å². The summed E-state index contributed by atoms with van der Waals surface area (Å²) in [6, 6.07) is 8.84. The number of amides is 2. The second-order valence-corrected chi connectivity index (χ2v) is 3.76. The van der Waals surface area contributed by atoms with E-state index < -0.39 is 6.10 Å². The van der Waals surface area contributed by atoms with Crippen LogP contribution in [0.3, 0.4) is 0 Å². The Morgan fingerprint density at radius 1 is 1.38 bits per heavy atom. The topological polar surface area (TPSA) is 52.6 Å². The van der Waals surface area contributed by atoms with Gasteiger partial charge in [0.05, 0.1) is 12.1 Å². The summed E-state index contributed by atoms with van der Waals surface area (Å²) in [7, 11) is 3.23. The third-order valence-electron chi connectivity index (χ3n) is 2.74. The number of benzene rings is 1. The van der Waals surface area contributed by atoms with Crippen molar-refractivity contribution in [1.29, 1.82) is 0 Å². The Labute approximate surface area is 95.9 Å². The fourth-order valence-corrected chi connectivity index (χ4v) is 1.50. The van der Waals surface area contributed by atoms with Crippen LogP contribution >= 0.6 is 0 Å². The lowest BCUT2D eigenvalue weighted by Crippen LogP contribution is -2.43. The van der Waals surface area contributed by atoms with Gasteiger partial charge in [0.2, 0.25) is 0 Å². The van der Waals surface area contributed by atoms with Gasteiger partial charge >= 0.3 is 6.03 Å². The van der Waals surface area contributed by atoms with E-state index in [1.54, 1.807) is 14.1 Å². The van der Waals surface area contributed by atoms with E-state index in [-0.39, 0.29) is 12.1 Å². The van der Waals surface area contributed by atoms with Crippen molar-refractivity contribution < 1.29 is 9.90 Å². The van der Waals surface area contributed by atoms with Crippen molar-refractivity contribution >= 4 is 6.03 Å². The van der Waals surface area contributed by atoms with Crippen LogP contribution in [0.25, 0.3) is 0 Å². The number of nitrogens with one attached hydrogen (secondary N) is 1. The number of aliphatic hydroxyl groups excluding tert-OH is 1. The molecule has 0 spiro atoms.